The molecule has 20 heavy (non-hydrogen) atoms. The van der Waals surface area contributed by atoms with Crippen molar-refractivity contribution in [2.75, 3.05) is 26.7 Å². The van der Waals surface area contributed by atoms with E-state index < -0.39 is 5.97 Å². The van der Waals surface area contributed by atoms with Crippen LogP contribution in [0.25, 0.3) is 0 Å². The monoisotopic (exact) mass is 285 g/mol. The van der Waals surface area contributed by atoms with Crippen LogP contribution in [0.3, 0.4) is 0 Å². The molecule has 0 aliphatic heterocycles. The van der Waals surface area contributed by atoms with Crippen LogP contribution in [0.4, 0.5) is 4.79 Å². The molecule has 6 heteroatoms. The quantitative estimate of drug-likeness (QED) is 0.628. The minimum atomic E-state index is -0.953. The molecule has 0 unspecified atom stereocenters. The Morgan fingerprint density at radius 3 is 2.45 bits per heavy atom. The number of nitrogens with one attached hydrogen (secondary N) is 1. The van der Waals surface area contributed by atoms with E-state index >= 15 is 0 Å². The van der Waals surface area contributed by atoms with Gasteiger partial charge in [0.25, 0.3) is 0 Å². The molecule has 1 fully saturated rings. The molecule has 0 aromatic heterocycles. The van der Waals surface area contributed by atoms with E-state index in [4.69, 9.17) is 5.11 Å². The highest BCUT2D eigenvalue weighted by Gasteiger charge is 2.33. The van der Waals surface area contributed by atoms with Crippen molar-refractivity contribution in [2.45, 2.75) is 51.6 Å². The van der Waals surface area contributed by atoms with Gasteiger partial charge in [-0.15, -0.1) is 0 Å². The van der Waals surface area contributed by atoms with Crippen molar-refractivity contribution in [1.82, 2.24) is 15.1 Å². The van der Waals surface area contributed by atoms with E-state index in [0.717, 1.165) is 32.2 Å². The fourth-order valence-corrected chi connectivity index (χ4v) is 1.94. The fraction of sp³-hybridized carbons (Fsp3) is 0.857. The molecule has 0 atom stereocenters. The molecule has 1 aliphatic carbocycles. The molecular formula is C14H27N3O3. The molecule has 116 valence electrons. The standard InChI is InChI=1S/C14H27N3O3/c1-11(2)16(3)9-5-4-8-15-14(20)17(10-13(18)19)12-6-7-12/h11-12H,4-10H2,1-3H3,(H,15,20)(H,18,19). The second-order valence-corrected chi connectivity index (χ2v) is 5.77. The maximum atomic E-state index is 11.9. The van der Waals surface area contributed by atoms with E-state index in [1.165, 1.54) is 4.90 Å². The van der Waals surface area contributed by atoms with Crippen molar-refractivity contribution < 1.29 is 14.7 Å². The van der Waals surface area contributed by atoms with E-state index in [1.807, 2.05) is 0 Å². The number of carbonyl (C=O) groups is 2. The van der Waals surface area contributed by atoms with Crippen LogP contribution >= 0.6 is 0 Å². The first-order chi connectivity index (χ1) is 9.41. The van der Waals surface area contributed by atoms with Gasteiger partial charge >= 0.3 is 12.0 Å². The van der Waals surface area contributed by atoms with Gasteiger partial charge in [0, 0.05) is 18.6 Å². The summed E-state index contributed by atoms with van der Waals surface area (Å²) in [6.45, 7) is 5.72. The van der Waals surface area contributed by atoms with E-state index in [2.05, 4.69) is 31.1 Å². The van der Waals surface area contributed by atoms with Gasteiger partial charge in [0.2, 0.25) is 0 Å². The minimum Gasteiger partial charge on any atom is -0.480 e. The SMILES string of the molecule is CC(C)N(C)CCCCNC(=O)N(CC(=O)O)C1CC1. The second-order valence-electron chi connectivity index (χ2n) is 5.77. The van der Waals surface area contributed by atoms with Crippen molar-refractivity contribution in [3.05, 3.63) is 0 Å². The van der Waals surface area contributed by atoms with Gasteiger partial charge in [-0.25, -0.2) is 4.79 Å². The van der Waals surface area contributed by atoms with Crippen molar-refractivity contribution in [2.24, 2.45) is 0 Å². The maximum absolute atomic E-state index is 11.9. The van der Waals surface area contributed by atoms with Crippen LogP contribution in [0.5, 0.6) is 0 Å². The number of unbranched alkanes of at least 4 members (excludes halogenated alkanes) is 1. The Kier molecular flexibility index (Phi) is 6.78. The zero-order valence-corrected chi connectivity index (χ0v) is 12.8. The average molecular weight is 285 g/mol. The summed E-state index contributed by atoms with van der Waals surface area (Å²) in [5, 5.41) is 11.6. The minimum absolute atomic E-state index is 0.123. The molecule has 2 amide bonds. The number of amides is 2. The van der Waals surface area contributed by atoms with Gasteiger partial charge in [-0.2, -0.15) is 0 Å². The van der Waals surface area contributed by atoms with Gasteiger partial charge in [0.15, 0.2) is 0 Å². The molecule has 0 aromatic rings. The lowest BCUT2D eigenvalue weighted by Gasteiger charge is -2.22. The molecule has 0 saturated heterocycles. The Morgan fingerprint density at radius 2 is 1.95 bits per heavy atom. The predicted octanol–water partition coefficient (Wildman–Crippen LogP) is 1.37. The smallest absolute Gasteiger partial charge is 0.323 e. The molecule has 1 aliphatic rings. The third-order valence-electron chi connectivity index (χ3n) is 3.65. The van der Waals surface area contributed by atoms with Crippen LogP contribution in [0.2, 0.25) is 0 Å². The lowest BCUT2D eigenvalue weighted by atomic mass is 10.2. The predicted molar refractivity (Wildman–Crippen MR) is 77.8 cm³/mol. The molecule has 6 nitrogen and oxygen atoms in total. The first kappa shape index (κ1) is 16.8. The summed E-state index contributed by atoms with van der Waals surface area (Å²) < 4.78 is 0. The van der Waals surface area contributed by atoms with Gasteiger partial charge in [0.05, 0.1) is 0 Å². The van der Waals surface area contributed by atoms with Crippen molar-refractivity contribution >= 4 is 12.0 Å². The lowest BCUT2D eigenvalue weighted by Crippen LogP contribution is -2.44. The van der Waals surface area contributed by atoms with Crippen molar-refractivity contribution in [3.63, 3.8) is 0 Å². The van der Waals surface area contributed by atoms with Gasteiger partial charge in [0.1, 0.15) is 6.54 Å². The summed E-state index contributed by atoms with van der Waals surface area (Å²) in [6, 6.07) is 0.413. The maximum Gasteiger partial charge on any atom is 0.323 e. The third-order valence-corrected chi connectivity index (χ3v) is 3.65. The first-order valence-electron chi connectivity index (χ1n) is 7.38. The molecule has 0 bridgehead atoms. The van der Waals surface area contributed by atoms with Crippen LogP contribution in [0, 0.1) is 0 Å². The second kappa shape index (κ2) is 8.09. The molecule has 1 saturated carbocycles. The first-order valence-corrected chi connectivity index (χ1v) is 7.38. The van der Waals surface area contributed by atoms with Gasteiger partial charge < -0.3 is 20.2 Å². The third kappa shape index (κ3) is 6.23. The highest BCUT2D eigenvalue weighted by Crippen LogP contribution is 2.26. The summed E-state index contributed by atoms with van der Waals surface area (Å²) in [5.74, 6) is -0.953. The number of aliphatic carboxylic acids is 1. The molecule has 0 heterocycles. The van der Waals surface area contributed by atoms with E-state index in [-0.39, 0.29) is 18.6 Å². The molecule has 2 N–H and O–H groups in total. The number of carbonyl (C=O) groups excluding carboxylic acids is 1. The number of hydrogen-bond donors (Lipinski definition) is 2. The van der Waals surface area contributed by atoms with Crippen LogP contribution in [0.15, 0.2) is 0 Å². The Labute approximate surface area is 121 Å². The largest absolute Gasteiger partial charge is 0.480 e. The Hall–Kier alpha value is -1.30. The van der Waals surface area contributed by atoms with Gasteiger partial charge in [-0.1, -0.05) is 0 Å². The number of urea groups is 1. The average Bonchev–Trinajstić information content (AvgIpc) is 3.18. The number of carboxylic acid groups (broad SMARTS) is 1. The summed E-state index contributed by atoms with van der Waals surface area (Å²) in [5.41, 5.74) is 0. The number of nitrogens with zero attached hydrogens (tertiary/aromatic N) is 2. The zero-order chi connectivity index (χ0) is 15.1. The van der Waals surface area contributed by atoms with Crippen LogP contribution < -0.4 is 5.32 Å². The Balaban J connectivity index is 2.16. The Bertz CT molecular complexity index is 330. The molecule has 0 radical (unpaired) electrons. The lowest BCUT2D eigenvalue weighted by molar-refractivity contribution is -0.137. The number of carboxylic acids is 1. The highest BCUT2D eigenvalue weighted by molar-refractivity contribution is 5.80. The van der Waals surface area contributed by atoms with Gasteiger partial charge in [-0.3, -0.25) is 4.79 Å². The molecule has 1 rings (SSSR count). The topological polar surface area (TPSA) is 72.9 Å². The normalized spacial score (nSPS) is 14.7. The summed E-state index contributed by atoms with van der Waals surface area (Å²) in [6.07, 6.45) is 3.77. The molecular weight excluding hydrogens is 258 g/mol. The van der Waals surface area contributed by atoms with Crippen LogP contribution in [-0.4, -0.2) is 65.7 Å². The van der Waals surface area contributed by atoms with E-state index in [1.54, 1.807) is 0 Å². The van der Waals surface area contributed by atoms with Crippen molar-refractivity contribution in [3.8, 4) is 0 Å². The van der Waals surface area contributed by atoms with Crippen LogP contribution in [-0.2, 0) is 4.79 Å². The Morgan fingerprint density at radius 1 is 1.30 bits per heavy atom. The summed E-state index contributed by atoms with van der Waals surface area (Å²) >= 11 is 0. The van der Waals surface area contributed by atoms with E-state index in [0.29, 0.717) is 12.6 Å². The number of hydrogen-bond acceptors (Lipinski definition) is 3. The number of rotatable bonds is 9. The summed E-state index contributed by atoms with van der Waals surface area (Å²) in [4.78, 5) is 26.3. The molecule has 0 aromatic carbocycles. The van der Waals surface area contributed by atoms with Crippen molar-refractivity contribution in [1.29, 1.82) is 0 Å². The highest BCUT2D eigenvalue weighted by atomic mass is 16.4. The van der Waals surface area contributed by atoms with Gasteiger partial charge in [-0.05, 0) is 53.1 Å². The summed E-state index contributed by atoms with van der Waals surface area (Å²) in [7, 11) is 2.09. The zero-order valence-electron chi connectivity index (χ0n) is 12.8. The molecule has 0 spiro atoms. The fourth-order valence-electron chi connectivity index (χ4n) is 1.94. The van der Waals surface area contributed by atoms with E-state index in [9.17, 15) is 9.59 Å². The van der Waals surface area contributed by atoms with Crippen LogP contribution in [0.1, 0.15) is 39.5 Å².